The molecule has 0 spiro atoms. The van der Waals surface area contributed by atoms with E-state index >= 15 is 0 Å². The van der Waals surface area contributed by atoms with Crippen molar-refractivity contribution in [2.24, 2.45) is 11.1 Å². The molecule has 2 amide bonds. The Morgan fingerprint density at radius 2 is 1.89 bits per heavy atom. The molecule has 9 heteroatoms. The van der Waals surface area contributed by atoms with Crippen LogP contribution >= 0.6 is 0 Å². The van der Waals surface area contributed by atoms with E-state index in [4.69, 9.17) is 10.2 Å². The largest absolute Gasteiger partial charge is 0.481 e. The molecule has 1 atom stereocenters. The second-order valence-corrected chi connectivity index (χ2v) is 6.30. The predicted molar refractivity (Wildman–Crippen MR) is 70.0 cm³/mol. The summed E-state index contributed by atoms with van der Waals surface area (Å²) in [6, 6.07) is -0.995. The number of hydrogen-bond acceptors (Lipinski definition) is 4. The van der Waals surface area contributed by atoms with E-state index in [-0.39, 0.29) is 31.1 Å². The SMILES string of the molecule is CC(C)C(CC(=O)O)NC(=O)NCCCS(N)(=O)=O. The molecular weight excluding hydrogens is 274 g/mol. The molecule has 19 heavy (non-hydrogen) atoms. The lowest BCUT2D eigenvalue weighted by Gasteiger charge is -2.20. The van der Waals surface area contributed by atoms with Crippen molar-refractivity contribution >= 4 is 22.0 Å². The monoisotopic (exact) mass is 295 g/mol. The van der Waals surface area contributed by atoms with E-state index in [2.05, 4.69) is 10.6 Å². The summed E-state index contributed by atoms with van der Waals surface area (Å²) in [4.78, 5) is 22.1. The van der Waals surface area contributed by atoms with Crippen LogP contribution in [0.15, 0.2) is 0 Å². The van der Waals surface area contributed by atoms with Crippen LogP contribution in [0.2, 0.25) is 0 Å². The standard InChI is InChI=1S/C10H21N3O5S/c1-7(2)8(6-9(14)15)13-10(16)12-4-3-5-19(11,17)18/h7-8H,3-6H2,1-2H3,(H,14,15)(H2,11,17,18)(H2,12,13,16). The molecule has 0 saturated carbocycles. The van der Waals surface area contributed by atoms with Gasteiger partial charge in [0.15, 0.2) is 0 Å². The Balaban J connectivity index is 4.03. The summed E-state index contributed by atoms with van der Waals surface area (Å²) in [5, 5.41) is 18.5. The average Bonchev–Trinajstić information content (AvgIpc) is 2.21. The van der Waals surface area contributed by atoms with Gasteiger partial charge in [0, 0.05) is 12.6 Å². The average molecular weight is 295 g/mol. The van der Waals surface area contributed by atoms with Gasteiger partial charge in [-0.05, 0) is 12.3 Å². The third-order valence-electron chi connectivity index (χ3n) is 2.41. The molecule has 0 radical (unpaired) electrons. The van der Waals surface area contributed by atoms with Crippen LogP contribution in [0.1, 0.15) is 26.7 Å². The predicted octanol–water partition coefficient (Wildman–Crippen LogP) is -0.536. The number of carbonyl (C=O) groups excluding carboxylic acids is 1. The smallest absolute Gasteiger partial charge is 0.315 e. The fraction of sp³-hybridized carbons (Fsp3) is 0.800. The summed E-state index contributed by atoms with van der Waals surface area (Å²) in [7, 11) is -3.52. The van der Waals surface area contributed by atoms with E-state index in [1.54, 1.807) is 13.8 Å². The van der Waals surface area contributed by atoms with Crippen molar-refractivity contribution in [2.45, 2.75) is 32.7 Å². The zero-order valence-corrected chi connectivity index (χ0v) is 11.9. The number of amides is 2. The number of hydrogen-bond donors (Lipinski definition) is 4. The Kier molecular flexibility index (Phi) is 7.38. The molecule has 0 aromatic rings. The maximum absolute atomic E-state index is 11.5. The third kappa shape index (κ3) is 10.3. The number of carboxylic acid groups (broad SMARTS) is 1. The van der Waals surface area contributed by atoms with E-state index < -0.39 is 28.1 Å². The van der Waals surface area contributed by atoms with E-state index in [1.807, 2.05) is 0 Å². The van der Waals surface area contributed by atoms with Gasteiger partial charge in [-0.25, -0.2) is 18.4 Å². The van der Waals surface area contributed by atoms with Crippen LogP contribution in [-0.2, 0) is 14.8 Å². The molecule has 0 fully saturated rings. The second-order valence-electron chi connectivity index (χ2n) is 4.57. The topological polar surface area (TPSA) is 139 Å². The Bertz CT molecular complexity index is 407. The molecule has 0 aliphatic carbocycles. The van der Waals surface area contributed by atoms with Crippen molar-refractivity contribution in [3.8, 4) is 0 Å². The Hall–Kier alpha value is -1.35. The minimum Gasteiger partial charge on any atom is -0.481 e. The maximum atomic E-state index is 11.5. The van der Waals surface area contributed by atoms with Crippen LogP contribution in [0.3, 0.4) is 0 Å². The first kappa shape index (κ1) is 17.6. The molecule has 0 aliphatic heterocycles. The number of rotatable bonds is 8. The van der Waals surface area contributed by atoms with Gasteiger partial charge in [0.05, 0.1) is 12.2 Å². The number of aliphatic carboxylic acids is 1. The molecule has 0 bridgehead atoms. The van der Waals surface area contributed by atoms with E-state index in [9.17, 15) is 18.0 Å². The number of primary sulfonamides is 1. The van der Waals surface area contributed by atoms with Gasteiger partial charge in [-0.3, -0.25) is 4.79 Å². The number of carbonyl (C=O) groups is 2. The minimum atomic E-state index is -3.52. The van der Waals surface area contributed by atoms with Crippen LogP contribution in [0, 0.1) is 5.92 Å². The van der Waals surface area contributed by atoms with Crippen LogP contribution in [0.25, 0.3) is 0 Å². The summed E-state index contributed by atoms with van der Waals surface area (Å²) in [5.74, 6) is -1.23. The minimum absolute atomic E-state index is 0.0220. The molecule has 0 heterocycles. The lowest BCUT2D eigenvalue weighted by atomic mass is 10.0. The van der Waals surface area contributed by atoms with Crippen LogP contribution < -0.4 is 15.8 Å². The molecule has 0 aliphatic rings. The fourth-order valence-corrected chi connectivity index (χ4v) is 1.88. The highest BCUT2D eigenvalue weighted by Gasteiger charge is 2.19. The van der Waals surface area contributed by atoms with Gasteiger partial charge in [-0.15, -0.1) is 0 Å². The third-order valence-corrected chi connectivity index (χ3v) is 3.26. The first-order valence-electron chi connectivity index (χ1n) is 5.88. The first-order chi connectivity index (χ1) is 8.61. The second kappa shape index (κ2) is 7.95. The highest BCUT2D eigenvalue weighted by Crippen LogP contribution is 2.05. The summed E-state index contributed by atoms with van der Waals surface area (Å²) in [6.45, 7) is 3.75. The lowest BCUT2D eigenvalue weighted by Crippen LogP contribution is -2.45. The molecule has 0 rings (SSSR count). The number of urea groups is 1. The van der Waals surface area contributed by atoms with Gasteiger partial charge in [-0.2, -0.15) is 0 Å². The Morgan fingerprint density at radius 3 is 2.32 bits per heavy atom. The summed E-state index contributed by atoms with van der Waals surface area (Å²) in [6.07, 6.45) is 0.0415. The lowest BCUT2D eigenvalue weighted by molar-refractivity contribution is -0.137. The van der Waals surface area contributed by atoms with Crippen LogP contribution in [-0.4, -0.2) is 43.9 Å². The van der Waals surface area contributed by atoms with E-state index in [0.29, 0.717) is 0 Å². The molecule has 0 aromatic carbocycles. The van der Waals surface area contributed by atoms with Crippen molar-refractivity contribution in [1.29, 1.82) is 0 Å². The quantitative estimate of drug-likeness (QED) is 0.445. The summed E-state index contributed by atoms with van der Waals surface area (Å²) in [5.41, 5.74) is 0. The maximum Gasteiger partial charge on any atom is 0.315 e. The molecule has 1 unspecified atom stereocenters. The van der Waals surface area contributed by atoms with Gasteiger partial charge in [0.1, 0.15) is 0 Å². The zero-order chi connectivity index (χ0) is 15.1. The molecule has 0 saturated heterocycles. The first-order valence-corrected chi connectivity index (χ1v) is 7.60. The molecule has 8 nitrogen and oxygen atoms in total. The number of nitrogens with two attached hydrogens (primary N) is 1. The van der Waals surface area contributed by atoms with Gasteiger partial charge >= 0.3 is 12.0 Å². The highest BCUT2D eigenvalue weighted by molar-refractivity contribution is 7.89. The molecule has 5 N–H and O–H groups in total. The van der Waals surface area contributed by atoms with Crippen LogP contribution in [0.5, 0.6) is 0 Å². The highest BCUT2D eigenvalue weighted by atomic mass is 32.2. The molecular formula is C10H21N3O5S. The van der Waals surface area contributed by atoms with Crippen molar-refractivity contribution in [3.63, 3.8) is 0 Å². The Labute approximate surface area is 112 Å². The van der Waals surface area contributed by atoms with Crippen molar-refractivity contribution < 1.29 is 23.1 Å². The van der Waals surface area contributed by atoms with Gasteiger partial charge in [-0.1, -0.05) is 13.8 Å². The molecule has 0 aromatic heterocycles. The number of carboxylic acids is 1. The van der Waals surface area contributed by atoms with Crippen molar-refractivity contribution in [2.75, 3.05) is 12.3 Å². The normalized spacial score (nSPS) is 13.1. The van der Waals surface area contributed by atoms with Gasteiger partial charge < -0.3 is 15.7 Å². The number of nitrogens with one attached hydrogen (secondary N) is 2. The van der Waals surface area contributed by atoms with E-state index in [1.165, 1.54) is 0 Å². The van der Waals surface area contributed by atoms with Crippen molar-refractivity contribution in [3.05, 3.63) is 0 Å². The zero-order valence-electron chi connectivity index (χ0n) is 11.0. The Morgan fingerprint density at radius 1 is 1.32 bits per heavy atom. The summed E-state index contributed by atoms with van der Waals surface area (Å²) < 4.78 is 21.3. The van der Waals surface area contributed by atoms with Gasteiger partial charge in [0.25, 0.3) is 0 Å². The fourth-order valence-electron chi connectivity index (χ4n) is 1.34. The molecule has 112 valence electrons. The summed E-state index contributed by atoms with van der Waals surface area (Å²) >= 11 is 0. The number of sulfonamides is 1. The van der Waals surface area contributed by atoms with Crippen LogP contribution in [0.4, 0.5) is 4.79 Å². The van der Waals surface area contributed by atoms with Crippen molar-refractivity contribution in [1.82, 2.24) is 10.6 Å². The van der Waals surface area contributed by atoms with Gasteiger partial charge in [0.2, 0.25) is 10.0 Å². The van der Waals surface area contributed by atoms with E-state index in [0.717, 1.165) is 0 Å².